The molecule has 0 aliphatic carbocycles. The highest BCUT2D eigenvalue weighted by Gasteiger charge is 2.18. The van der Waals surface area contributed by atoms with Crippen LogP contribution in [0.2, 0.25) is 0 Å². The van der Waals surface area contributed by atoms with Crippen LogP contribution in [0.25, 0.3) is 0 Å². The second-order valence-corrected chi connectivity index (χ2v) is 6.63. The first-order valence-electron chi connectivity index (χ1n) is 6.52. The van der Waals surface area contributed by atoms with Gasteiger partial charge in [0.2, 0.25) is 0 Å². The van der Waals surface area contributed by atoms with E-state index in [1.165, 1.54) is 0 Å². The van der Waals surface area contributed by atoms with Crippen LogP contribution in [0.3, 0.4) is 0 Å². The molecule has 18 heavy (non-hydrogen) atoms. The van der Waals surface area contributed by atoms with Crippen LogP contribution in [0.4, 0.5) is 0 Å². The van der Waals surface area contributed by atoms with Crippen LogP contribution in [0.15, 0.2) is 35.2 Å². The van der Waals surface area contributed by atoms with Crippen LogP contribution in [-0.2, 0) is 9.84 Å². The summed E-state index contributed by atoms with van der Waals surface area (Å²) < 4.78 is 23.9. The predicted molar refractivity (Wildman–Crippen MR) is 73.3 cm³/mol. The minimum Gasteiger partial charge on any atom is -0.392 e. The van der Waals surface area contributed by atoms with Crippen molar-refractivity contribution in [1.82, 2.24) is 0 Å². The fourth-order valence-corrected chi connectivity index (χ4v) is 3.30. The maximum atomic E-state index is 12.0. The summed E-state index contributed by atoms with van der Waals surface area (Å²) in [5.41, 5.74) is 0. The molecule has 4 heteroatoms. The molecule has 102 valence electrons. The van der Waals surface area contributed by atoms with Crippen LogP contribution in [0.5, 0.6) is 0 Å². The number of aliphatic hydroxyl groups is 1. The van der Waals surface area contributed by atoms with Crippen LogP contribution in [0.1, 0.15) is 39.0 Å². The highest BCUT2D eigenvalue weighted by atomic mass is 32.2. The first-order valence-corrected chi connectivity index (χ1v) is 8.17. The zero-order valence-electron chi connectivity index (χ0n) is 10.9. The van der Waals surface area contributed by atoms with Gasteiger partial charge in [-0.2, -0.15) is 0 Å². The van der Waals surface area contributed by atoms with E-state index in [1.807, 2.05) is 0 Å². The highest BCUT2D eigenvalue weighted by molar-refractivity contribution is 7.91. The SMILES string of the molecule is CCCCCC[C@H](O)CS(=O)(=O)c1ccccc1. The molecule has 0 amide bonds. The van der Waals surface area contributed by atoms with E-state index in [1.54, 1.807) is 30.3 Å². The zero-order chi connectivity index (χ0) is 13.4. The lowest BCUT2D eigenvalue weighted by Gasteiger charge is -2.11. The van der Waals surface area contributed by atoms with Gasteiger partial charge in [0.1, 0.15) is 0 Å². The van der Waals surface area contributed by atoms with Gasteiger partial charge >= 0.3 is 0 Å². The van der Waals surface area contributed by atoms with E-state index >= 15 is 0 Å². The molecule has 1 rings (SSSR count). The average molecular weight is 270 g/mol. The van der Waals surface area contributed by atoms with E-state index in [-0.39, 0.29) is 10.6 Å². The van der Waals surface area contributed by atoms with Gasteiger partial charge in [0.15, 0.2) is 9.84 Å². The van der Waals surface area contributed by atoms with Gasteiger partial charge in [0.25, 0.3) is 0 Å². The fraction of sp³-hybridized carbons (Fsp3) is 0.571. The summed E-state index contributed by atoms with van der Waals surface area (Å²) in [6, 6.07) is 8.31. The summed E-state index contributed by atoms with van der Waals surface area (Å²) in [6.07, 6.45) is 4.02. The topological polar surface area (TPSA) is 54.4 Å². The Kier molecular flexibility index (Phi) is 6.36. The molecule has 0 aliphatic heterocycles. The fourth-order valence-electron chi connectivity index (χ4n) is 1.87. The molecule has 1 N–H and O–H groups in total. The third kappa shape index (κ3) is 5.19. The molecule has 1 atom stereocenters. The Hall–Kier alpha value is -0.870. The van der Waals surface area contributed by atoms with Crippen molar-refractivity contribution >= 4 is 9.84 Å². The van der Waals surface area contributed by atoms with Crippen molar-refractivity contribution in [2.24, 2.45) is 0 Å². The Morgan fingerprint density at radius 1 is 1.11 bits per heavy atom. The summed E-state index contributed by atoms with van der Waals surface area (Å²) in [5.74, 6) is -0.177. The average Bonchev–Trinajstić information content (AvgIpc) is 2.35. The van der Waals surface area contributed by atoms with E-state index in [2.05, 4.69) is 6.92 Å². The number of hydrogen-bond donors (Lipinski definition) is 1. The molecule has 1 aromatic rings. The van der Waals surface area contributed by atoms with Gasteiger partial charge in [-0.05, 0) is 18.6 Å². The summed E-state index contributed by atoms with van der Waals surface area (Å²) in [6.45, 7) is 2.12. The van der Waals surface area contributed by atoms with E-state index in [0.29, 0.717) is 6.42 Å². The van der Waals surface area contributed by atoms with Crippen molar-refractivity contribution in [3.8, 4) is 0 Å². The molecule has 0 aliphatic rings. The Bertz CT molecular complexity index is 426. The van der Waals surface area contributed by atoms with Crippen molar-refractivity contribution in [3.63, 3.8) is 0 Å². The van der Waals surface area contributed by atoms with Gasteiger partial charge in [-0.25, -0.2) is 8.42 Å². The predicted octanol–water partition coefficient (Wildman–Crippen LogP) is 2.79. The standard InChI is InChI=1S/C14H22O3S/c1-2-3-4-6-9-13(15)12-18(16,17)14-10-7-5-8-11-14/h5,7-8,10-11,13,15H,2-4,6,9,12H2,1H3/t13-/m0/s1. The van der Waals surface area contributed by atoms with Crippen LogP contribution >= 0.6 is 0 Å². The van der Waals surface area contributed by atoms with Crippen molar-refractivity contribution in [2.45, 2.75) is 50.0 Å². The summed E-state index contributed by atoms with van der Waals surface area (Å²) >= 11 is 0. The first-order chi connectivity index (χ1) is 8.56. The molecule has 0 radical (unpaired) electrons. The van der Waals surface area contributed by atoms with Gasteiger partial charge < -0.3 is 5.11 Å². The second-order valence-electron chi connectivity index (χ2n) is 4.60. The molecule has 0 spiro atoms. The summed E-state index contributed by atoms with van der Waals surface area (Å²) in [4.78, 5) is 0.289. The van der Waals surface area contributed by atoms with Crippen molar-refractivity contribution in [3.05, 3.63) is 30.3 Å². The van der Waals surface area contributed by atoms with Gasteiger partial charge in [0.05, 0.1) is 16.8 Å². The molecule has 0 saturated carbocycles. The van der Waals surface area contributed by atoms with Crippen molar-refractivity contribution < 1.29 is 13.5 Å². The highest BCUT2D eigenvalue weighted by Crippen LogP contribution is 2.14. The van der Waals surface area contributed by atoms with Crippen molar-refractivity contribution in [2.75, 3.05) is 5.75 Å². The Labute approximate surface area is 110 Å². The number of rotatable bonds is 8. The molecule has 0 saturated heterocycles. The molecule has 0 fully saturated rings. The molecular weight excluding hydrogens is 248 g/mol. The third-order valence-electron chi connectivity index (χ3n) is 2.91. The summed E-state index contributed by atoms with van der Waals surface area (Å²) in [7, 11) is -3.35. The Morgan fingerprint density at radius 3 is 2.39 bits per heavy atom. The Balaban J connectivity index is 2.46. The monoisotopic (exact) mass is 270 g/mol. The first kappa shape index (κ1) is 15.2. The maximum absolute atomic E-state index is 12.0. The second kappa shape index (κ2) is 7.54. The normalized spacial score (nSPS) is 13.4. The Morgan fingerprint density at radius 2 is 1.78 bits per heavy atom. The molecular formula is C14H22O3S. The minimum absolute atomic E-state index is 0.177. The number of aliphatic hydroxyl groups excluding tert-OH is 1. The largest absolute Gasteiger partial charge is 0.392 e. The molecule has 0 bridgehead atoms. The van der Waals surface area contributed by atoms with Gasteiger partial charge in [-0.3, -0.25) is 0 Å². The molecule has 1 aromatic carbocycles. The number of unbranched alkanes of at least 4 members (excludes halogenated alkanes) is 3. The van der Waals surface area contributed by atoms with E-state index in [4.69, 9.17) is 0 Å². The zero-order valence-corrected chi connectivity index (χ0v) is 11.7. The van der Waals surface area contributed by atoms with Crippen molar-refractivity contribution in [1.29, 1.82) is 0 Å². The number of benzene rings is 1. The van der Waals surface area contributed by atoms with Crippen LogP contribution in [0, 0.1) is 0 Å². The quantitative estimate of drug-likeness (QED) is 0.739. The minimum atomic E-state index is -3.35. The van der Waals surface area contributed by atoms with E-state index in [0.717, 1.165) is 25.7 Å². The van der Waals surface area contributed by atoms with Crippen LogP contribution < -0.4 is 0 Å². The van der Waals surface area contributed by atoms with Gasteiger partial charge in [-0.1, -0.05) is 50.8 Å². The summed E-state index contributed by atoms with van der Waals surface area (Å²) in [5, 5.41) is 9.77. The van der Waals surface area contributed by atoms with Gasteiger partial charge in [0, 0.05) is 0 Å². The van der Waals surface area contributed by atoms with E-state index in [9.17, 15) is 13.5 Å². The molecule has 3 nitrogen and oxygen atoms in total. The van der Waals surface area contributed by atoms with E-state index < -0.39 is 15.9 Å². The molecule has 0 aromatic heterocycles. The maximum Gasteiger partial charge on any atom is 0.180 e. The molecule has 0 unspecified atom stereocenters. The van der Waals surface area contributed by atoms with Crippen LogP contribution in [-0.4, -0.2) is 25.4 Å². The lowest BCUT2D eigenvalue weighted by atomic mass is 10.1. The number of sulfone groups is 1. The molecule has 0 heterocycles. The smallest absolute Gasteiger partial charge is 0.180 e. The van der Waals surface area contributed by atoms with Gasteiger partial charge in [-0.15, -0.1) is 0 Å². The lowest BCUT2D eigenvalue weighted by Crippen LogP contribution is -2.20. The third-order valence-corrected chi connectivity index (χ3v) is 4.72. The lowest BCUT2D eigenvalue weighted by molar-refractivity contribution is 0.182. The number of hydrogen-bond acceptors (Lipinski definition) is 3.